The number of hydrogen-bond donors (Lipinski definition) is 0. The van der Waals surface area contributed by atoms with Crippen LogP contribution in [0.1, 0.15) is 55.5 Å². The summed E-state index contributed by atoms with van der Waals surface area (Å²) < 4.78 is 11.3. The zero-order valence-corrected chi connectivity index (χ0v) is 14.6. The van der Waals surface area contributed by atoms with Gasteiger partial charge in [0, 0.05) is 32.0 Å². The summed E-state index contributed by atoms with van der Waals surface area (Å²) in [6, 6.07) is 0.149. The van der Waals surface area contributed by atoms with Gasteiger partial charge in [-0.3, -0.25) is 9.69 Å². The fourth-order valence-electron chi connectivity index (χ4n) is 3.35. The second-order valence-corrected chi connectivity index (χ2v) is 7.00. The molecule has 8 heteroatoms. The van der Waals surface area contributed by atoms with Crippen molar-refractivity contribution in [2.45, 2.75) is 58.2 Å². The Kier molecular flexibility index (Phi) is 4.29. The monoisotopic (exact) mass is 345 g/mol. The van der Waals surface area contributed by atoms with Crippen LogP contribution in [0.2, 0.25) is 0 Å². The largest absolute Gasteiger partial charge is 0.444 e. The number of rotatable bonds is 6. The lowest BCUT2D eigenvalue weighted by Gasteiger charge is -2.26. The van der Waals surface area contributed by atoms with Crippen LogP contribution in [-0.4, -0.2) is 50.0 Å². The first-order chi connectivity index (χ1) is 12.1. The molecule has 3 heterocycles. The van der Waals surface area contributed by atoms with E-state index in [0.717, 1.165) is 44.0 Å². The van der Waals surface area contributed by atoms with Crippen LogP contribution in [0.15, 0.2) is 15.0 Å². The first kappa shape index (κ1) is 16.3. The number of carbonyl (C=O) groups is 1. The van der Waals surface area contributed by atoms with Crippen molar-refractivity contribution in [3.05, 3.63) is 29.6 Å². The summed E-state index contributed by atoms with van der Waals surface area (Å²) in [5.41, 5.74) is 0. The summed E-state index contributed by atoms with van der Waals surface area (Å²) >= 11 is 0. The minimum atomic E-state index is 0.0384. The second-order valence-electron chi connectivity index (χ2n) is 7.00. The number of amides is 1. The number of carbonyl (C=O) groups excluding carboxylic acids is 1. The third-order valence-electron chi connectivity index (χ3n) is 4.84. The minimum Gasteiger partial charge on any atom is -0.444 e. The Balaban J connectivity index is 1.36. The Hall–Kier alpha value is -2.22. The molecule has 1 saturated heterocycles. The van der Waals surface area contributed by atoms with E-state index >= 15 is 0 Å². The maximum Gasteiger partial charge on any atom is 0.230 e. The molecule has 0 spiro atoms. The van der Waals surface area contributed by atoms with Crippen molar-refractivity contribution in [1.82, 2.24) is 25.0 Å². The molecule has 0 bridgehead atoms. The maximum atomic E-state index is 12.1. The van der Waals surface area contributed by atoms with Gasteiger partial charge in [-0.15, -0.1) is 10.2 Å². The lowest BCUT2D eigenvalue weighted by molar-refractivity contribution is -0.132. The van der Waals surface area contributed by atoms with Crippen LogP contribution in [0.4, 0.5) is 0 Å². The van der Waals surface area contributed by atoms with Gasteiger partial charge < -0.3 is 13.7 Å². The number of hydrogen-bond acceptors (Lipinski definition) is 7. The van der Waals surface area contributed by atoms with Crippen LogP contribution in [0, 0.1) is 6.92 Å². The highest BCUT2D eigenvalue weighted by Gasteiger charge is 2.32. The summed E-state index contributed by atoms with van der Waals surface area (Å²) in [6.07, 6.45) is 4.91. The average molecular weight is 345 g/mol. The van der Waals surface area contributed by atoms with Crippen LogP contribution >= 0.6 is 0 Å². The van der Waals surface area contributed by atoms with Gasteiger partial charge in [-0.1, -0.05) is 0 Å². The van der Waals surface area contributed by atoms with Crippen molar-refractivity contribution >= 4 is 5.91 Å². The van der Waals surface area contributed by atoms with Crippen molar-refractivity contribution in [3.63, 3.8) is 0 Å². The Morgan fingerprint density at radius 1 is 1.28 bits per heavy atom. The molecule has 0 unspecified atom stereocenters. The molecule has 1 amide bonds. The van der Waals surface area contributed by atoms with E-state index in [-0.39, 0.29) is 11.9 Å². The summed E-state index contributed by atoms with van der Waals surface area (Å²) in [5, 5.41) is 8.28. The smallest absolute Gasteiger partial charge is 0.230 e. The minimum absolute atomic E-state index is 0.0384. The van der Waals surface area contributed by atoms with Crippen LogP contribution < -0.4 is 0 Å². The lowest BCUT2D eigenvalue weighted by atomic mass is 10.2. The molecule has 4 rings (SSSR count). The van der Waals surface area contributed by atoms with Gasteiger partial charge in [0.15, 0.2) is 0 Å². The highest BCUT2D eigenvalue weighted by molar-refractivity contribution is 5.73. The number of likely N-dealkylation sites (tertiary alicyclic amines) is 1. The fourth-order valence-corrected chi connectivity index (χ4v) is 3.35. The standard InChI is InChI=1S/C17H23N5O3/c1-11-7-18-15(24-11)10-22(12(2)23)14-5-6-21(8-14)9-16-19-20-17(25-16)13-3-4-13/h7,13-14H,3-6,8-10H2,1-2H3/t14-/m0/s1. The highest BCUT2D eigenvalue weighted by Crippen LogP contribution is 2.39. The molecule has 25 heavy (non-hydrogen) atoms. The molecule has 1 saturated carbocycles. The zero-order chi connectivity index (χ0) is 17.4. The topological polar surface area (TPSA) is 88.5 Å². The van der Waals surface area contributed by atoms with Crippen LogP contribution in [-0.2, 0) is 17.9 Å². The van der Waals surface area contributed by atoms with Crippen molar-refractivity contribution in [2.24, 2.45) is 0 Å². The first-order valence-electron chi connectivity index (χ1n) is 8.81. The van der Waals surface area contributed by atoms with E-state index in [1.165, 1.54) is 0 Å². The lowest BCUT2D eigenvalue weighted by Crippen LogP contribution is -2.40. The van der Waals surface area contributed by atoms with Gasteiger partial charge in [0.1, 0.15) is 5.76 Å². The molecular formula is C17H23N5O3. The highest BCUT2D eigenvalue weighted by atomic mass is 16.4. The van der Waals surface area contributed by atoms with Gasteiger partial charge in [-0.05, 0) is 26.2 Å². The maximum absolute atomic E-state index is 12.1. The molecule has 1 aliphatic heterocycles. The molecule has 1 atom stereocenters. The molecular weight excluding hydrogens is 322 g/mol. The van der Waals surface area contributed by atoms with Gasteiger partial charge in [0.05, 0.1) is 19.3 Å². The Bertz CT molecular complexity index is 751. The molecule has 8 nitrogen and oxygen atoms in total. The van der Waals surface area contributed by atoms with E-state index in [2.05, 4.69) is 20.1 Å². The van der Waals surface area contributed by atoms with Crippen LogP contribution in [0.3, 0.4) is 0 Å². The van der Waals surface area contributed by atoms with Crippen LogP contribution in [0.5, 0.6) is 0 Å². The molecule has 134 valence electrons. The summed E-state index contributed by atoms with van der Waals surface area (Å²) in [7, 11) is 0. The number of oxazole rings is 1. The molecule has 0 radical (unpaired) electrons. The molecule has 1 aliphatic carbocycles. The summed E-state index contributed by atoms with van der Waals surface area (Å²) in [6.45, 7) is 6.19. The number of nitrogens with zero attached hydrogens (tertiary/aromatic N) is 5. The SMILES string of the molecule is CC(=O)N(Cc1ncc(C)o1)[C@H]1CCN(Cc2nnc(C3CC3)o2)C1. The van der Waals surface area contributed by atoms with Gasteiger partial charge in [-0.2, -0.15) is 0 Å². The van der Waals surface area contributed by atoms with Crippen molar-refractivity contribution in [3.8, 4) is 0 Å². The van der Waals surface area contributed by atoms with Gasteiger partial charge in [0.2, 0.25) is 23.6 Å². The van der Waals surface area contributed by atoms with Crippen molar-refractivity contribution in [1.29, 1.82) is 0 Å². The van der Waals surface area contributed by atoms with E-state index in [0.29, 0.717) is 30.8 Å². The predicted molar refractivity (Wildman–Crippen MR) is 87.4 cm³/mol. The Labute approximate surface area is 146 Å². The third-order valence-corrected chi connectivity index (χ3v) is 4.84. The number of aryl methyl sites for hydroxylation is 1. The molecule has 0 N–H and O–H groups in total. The van der Waals surface area contributed by atoms with E-state index in [4.69, 9.17) is 8.83 Å². The third kappa shape index (κ3) is 3.73. The zero-order valence-electron chi connectivity index (χ0n) is 14.6. The first-order valence-corrected chi connectivity index (χ1v) is 8.81. The molecule has 2 fully saturated rings. The quantitative estimate of drug-likeness (QED) is 0.789. The second kappa shape index (κ2) is 6.59. The Morgan fingerprint density at radius 3 is 2.80 bits per heavy atom. The molecule has 2 aromatic heterocycles. The van der Waals surface area contributed by atoms with Gasteiger partial charge in [0.25, 0.3) is 0 Å². The van der Waals surface area contributed by atoms with E-state index in [9.17, 15) is 4.79 Å². The molecule has 2 aliphatic rings. The normalized spacial score (nSPS) is 21.0. The summed E-state index contributed by atoms with van der Waals surface area (Å²) in [4.78, 5) is 20.4. The molecule has 0 aromatic carbocycles. The van der Waals surface area contributed by atoms with Gasteiger partial charge >= 0.3 is 0 Å². The fraction of sp³-hybridized carbons (Fsp3) is 0.647. The van der Waals surface area contributed by atoms with Crippen molar-refractivity contribution in [2.75, 3.05) is 13.1 Å². The van der Waals surface area contributed by atoms with E-state index < -0.39 is 0 Å². The predicted octanol–water partition coefficient (Wildman–Crippen LogP) is 1.87. The van der Waals surface area contributed by atoms with Crippen LogP contribution in [0.25, 0.3) is 0 Å². The van der Waals surface area contributed by atoms with E-state index in [1.54, 1.807) is 13.1 Å². The summed E-state index contributed by atoms with van der Waals surface area (Å²) in [5.74, 6) is 3.30. The molecule has 2 aromatic rings. The van der Waals surface area contributed by atoms with E-state index in [1.807, 2.05) is 11.8 Å². The Morgan fingerprint density at radius 2 is 2.12 bits per heavy atom. The number of aromatic nitrogens is 3. The average Bonchev–Trinajstić information content (AvgIpc) is 2.95. The van der Waals surface area contributed by atoms with Crippen molar-refractivity contribution < 1.29 is 13.6 Å². The van der Waals surface area contributed by atoms with Gasteiger partial charge in [-0.25, -0.2) is 4.98 Å².